The summed E-state index contributed by atoms with van der Waals surface area (Å²) >= 11 is 0. The van der Waals surface area contributed by atoms with Crippen molar-refractivity contribution in [2.45, 2.75) is 38.7 Å². The molecule has 0 fully saturated rings. The van der Waals surface area contributed by atoms with E-state index in [-0.39, 0.29) is 6.10 Å². The van der Waals surface area contributed by atoms with Crippen LogP contribution >= 0.6 is 0 Å². The van der Waals surface area contributed by atoms with Crippen molar-refractivity contribution in [2.75, 3.05) is 0 Å². The molecule has 0 saturated heterocycles. The largest absolute Gasteiger partial charge is 0.393 e. The lowest BCUT2D eigenvalue weighted by Crippen LogP contribution is -2.03. The van der Waals surface area contributed by atoms with E-state index in [1.807, 2.05) is 31.3 Å². The summed E-state index contributed by atoms with van der Waals surface area (Å²) in [7, 11) is 0. The standard InChI is InChI=1S/C11H17NO/c1-9(6-7-10(2)13)11-5-3-4-8-12-11/h3-5,8-10,13H,6-7H2,1-2H3. The van der Waals surface area contributed by atoms with Crippen molar-refractivity contribution in [3.8, 4) is 0 Å². The van der Waals surface area contributed by atoms with Gasteiger partial charge in [0, 0.05) is 11.9 Å². The van der Waals surface area contributed by atoms with E-state index < -0.39 is 0 Å². The van der Waals surface area contributed by atoms with Crippen LogP contribution in [0.4, 0.5) is 0 Å². The first-order valence-electron chi connectivity index (χ1n) is 4.79. The summed E-state index contributed by atoms with van der Waals surface area (Å²) in [5.74, 6) is 0.441. The number of pyridine rings is 1. The van der Waals surface area contributed by atoms with Crippen molar-refractivity contribution < 1.29 is 5.11 Å². The number of hydrogen-bond donors (Lipinski definition) is 1. The molecule has 2 nitrogen and oxygen atoms in total. The Morgan fingerprint density at radius 3 is 2.62 bits per heavy atom. The van der Waals surface area contributed by atoms with E-state index in [2.05, 4.69) is 11.9 Å². The lowest BCUT2D eigenvalue weighted by Gasteiger charge is -2.11. The Morgan fingerprint density at radius 2 is 2.08 bits per heavy atom. The number of aliphatic hydroxyl groups is 1. The first kappa shape index (κ1) is 10.2. The van der Waals surface area contributed by atoms with Crippen LogP contribution in [0.5, 0.6) is 0 Å². The van der Waals surface area contributed by atoms with Crippen LogP contribution < -0.4 is 0 Å². The molecule has 2 atom stereocenters. The molecule has 2 heteroatoms. The Hall–Kier alpha value is -0.890. The van der Waals surface area contributed by atoms with E-state index in [0.717, 1.165) is 18.5 Å². The zero-order valence-electron chi connectivity index (χ0n) is 8.27. The lowest BCUT2D eigenvalue weighted by molar-refractivity contribution is 0.179. The Bertz CT molecular complexity index is 233. The molecule has 0 aliphatic heterocycles. The van der Waals surface area contributed by atoms with Crippen LogP contribution in [0.2, 0.25) is 0 Å². The van der Waals surface area contributed by atoms with Gasteiger partial charge in [0.05, 0.1) is 6.10 Å². The molecule has 0 aromatic carbocycles. The molecule has 72 valence electrons. The summed E-state index contributed by atoms with van der Waals surface area (Å²) < 4.78 is 0. The highest BCUT2D eigenvalue weighted by molar-refractivity contribution is 5.08. The summed E-state index contributed by atoms with van der Waals surface area (Å²) in [6.07, 6.45) is 3.45. The minimum absolute atomic E-state index is 0.203. The van der Waals surface area contributed by atoms with Gasteiger partial charge in [0.2, 0.25) is 0 Å². The van der Waals surface area contributed by atoms with Gasteiger partial charge in [0.15, 0.2) is 0 Å². The Balaban J connectivity index is 2.44. The van der Waals surface area contributed by atoms with Gasteiger partial charge in [-0.2, -0.15) is 0 Å². The quantitative estimate of drug-likeness (QED) is 0.769. The first-order chi connectivity index (χ1) is 6.20. The SMILES string of the molecule is CC(O)CCC(C)c1ccccn1. The second-order valence-electron chi connectivity index (χ2n) is 3.58. The molecular formula is C11H17NO. The Labute approximate surface area is 79.6 Å². The van der Waals surface area contributed by atoms with Crippen LogP contribution in [0.25, 0.3) is 0 Å². The fourth-order valence-electron chi connectivity index (χ4n) is 1.31. The van der Waals surface area contributed by atoms with Gasteiger partial charge in [-0.25, -0.2) is 0 Å². The lowest BCUT2D eigenvalue weighted by atomic mass is 9.99. The average molecular weight is 179 g/mol. The van der Waals surface area contributed by atoms with Crippen LogP contribution in [-0.4, -0.2) is 16.2 Å². The van der Waals surface area contributed by atoms with Gasteiger partial charge in [0.25, 0.3) is 0 Å². The zero-order chi connectivity index (χ0) is 9.68. The molecule has 0 saturated carbocycles. The molecule has 2 unspecified atom stereocenters. The van der Waals surface area contributed by atoms with Crippen molar-refractivity contribution in [1.29, 1.82) is 0 Å². The molecule has 1 heterocycles. The van der Waals surface area contributed by atoms with E-state index in [9.17, 15) is 0 Å². The maximum absolute atomic E-state index is 9.13. The maximum Gasteiger partial charge on any atom is 0.0512 e. The topological polar surface area (TPSA) is 33.1 Å². The minimum Gasteiger partial charge on any atom is -0.393 e. The summed E-state index contributed by atoms with van der Waals surface area (Å²) in [6, 6.07) is 5.96. The second kappa shape index (κ2) is 4.97. The van der Waals surface area contributed by atoms with Crippen LogP contribution in [0.1, 0.15) is 38.3 Å². The molecule has 1 aromatic rings. The summed E-state index contributed by atoms with van der Waals surface area (Å²) in [6.45, 7) is 3.97. The van der Waals surface area contributed by atoms with Gasteiger partial charge < -0.3 is 5.11 Å². The highest BCUT2D eigenvalue weighted by atomic mass is 16.3. The molecule has 1 rings (SSSR count). The van der Waals surface area contributed by atoms with E-state index in [1.54, 1.807) is 0 Å². The van der Waals surface area contributed by atoms with Crippen molar-refractivity contribution in [3.05, 3.63) is 30.1 Å². The van der Waals surface area contributed by atoms with Gasteiger partial charge in [-0.1, -0.05) is 13.0 Å². The molecule has 1 N–H and O–H groups in total. The number of nitrogens with zero attached hydrogens (tertiary/aromatic N) is 1. The Morgan fingerprint density at radius 1 is 1.31 bits per heavy atom. The molecule has 0 amide bonds. The average Bonchev–Trinajstić information content (AvgIpc) is 2.15. The third-order valence-corrected chi connectivity index (χ3v) is 2.21. The minimum atomic E-state index is -0.203. The maximum atomic E-state index is 9.13. The molecule has 0 spiro atoms. The van der Waals surface area contributed by atoms with Gasteiger partial charge in [-0.3, -0.25) is 4.98 Å². The van der Waals surface area contributed by atoms with Crippen molar-refractivity contribution >= 4 is 0 Å². The van der Waals surface area contributed by atoms with E-state index in [1.165, 1.54) is 0 Å². The number of rotatable bonds is 4. The highest BCUT2D eigenvalue weighted by Gasteiger charge is 2.07. The van der Waals surface area contributed by atoms with Crippen molar-refractivity contribution in [2.24, 2.45) is 0 Å². The van der Waals surface area contributed by atoms with Crippen molar-refractivity contribution in [3.63, 3.8) is 0 Å². The van der Waals surface area contributed by atoms with E-state index in [4.69, 9.17) is 5.11 Å². The van der Waals surface area contributed by atoms with Crippen LogP contribution in [0, 0.1) is 0 Å². The molecule has 0 aliphatic carbocycles. The third-order valence-electron chi connectivity index (χ3n) is 2.21. The highest BCUT2D eigenvalue weighted by Crippen LogP contribution is 2.18. The molecular weight excluding hydrogens is 162 g/mol. The fourth-order valence-corrected chi connectivity index (χ4v) is 1.31. The monoisotopic (exact) mass is 179 g/mol. The molecule has 0 radical (unpaired) electrons. The van der Waals surface area contributed by atoms with Gasteiger partial charge in [-0.05, 0) is 37.8 Å². The smallest absolute Gasteiger partial charge is 0.0512 e. The number of aromatic nitrogens is 1. The predicted molar refractivity (Wildman–Crippen MR) is 53.6 cm³/mol. The van der Waals surface area contributed by atoms with Crippen LogP contribution in [0.3, 0.4) is 0 Å². The normalized spacial score (nSPS) is 15.3. The summed E-state index contributed by atoms with van der Waals surface area (Å²) in [5.41, 5.74) is 1.11. The molecule has 13 heavy (non-hydrogen) atoms. The van der Waals surface area contributed by atoms with Crippen LogP contribution in [0.15, 0.2) is 24.4 Å². The summed E-state index contributed by atoms with van der Waals surface area (Å²) in [4.78, 5) is 4.27. The fraction of sp³-hybridized carbons (Fsp3) is 0.545. The van der Waals surface area contributed by atoms with E-state index in [0.29, 0.717) is 5.92 Å². The number of aliphatic hydroxyl groups excluding tert-OH is 1. The summed E-state index contributed by atoms with van der Waals surface area (Å²) in [5, 5.41) is 9.13. The molecule has 1 aromatic heterocycles. The van der Waals surface area contributed by atoms with Gasteiger partial charge in [-0.15, -0.1) is 0 Å². The van der Waals surface area contributed by atoms with Gasteiger partial charge in [0.1, 0.15) is 0 Å². The Kier molecular flexibility index (Phi) is 3.90. The van der Waals surface area contributed by atoms with Crippen molar-refractivity contribution in [1.82, 2.24) is 4.98 Å². The molecule has 0 bridgehead atoms. The van der Waals surface area contributed by atoms with E-state index >= 15 is 0 Å². The first-order valence-corrected chi connectivity index (χ1v) is 4.79. The number of hydrogen-bond acceptors (Lipinski definition) is 2. The zero-order valence-corrected chi connectivity index (χ0v) is 8.27. The second-order valence-corrected chi connectivity index (χ2v) is 3.58. The molecule has 0 aliphatic rings. The van der Waals surface area contributed by atoms with Crippen LogP contribution in [-0.2, 0) is 0 Å². The predicted octanol–water partition coefficient (Wildman–Crippen LogP) is 2.35. The third kappa shape index (κ3) is 3.55. The van der Waals surface area contributed by atoms with Gasteiger partial charge >= 0.3 is 0 Å².